The van der Waals surface area contributed by atoms with Crippen LogP contribution < -0.4 is 5.32 Å². The van der Waals surface area contributed by atoms with Crippen LogP contribution in [0.2, 0.25) is 0 Å². The van der Waals surface area contributed by atoms with Crippen molar-refractivity contribution in [2.45, 2.75) is 38.8 Å². The lowest BCUT2D eigenvalue weighted by atomic mass is 9.98. The zero-order valence-corrected chi connectivity index (χ0v) is 8.43. The molecule has 1 heterocycles. The molecule has 1 saturated carbocycles. The molecule has 1 aromatic heterocycles. The third kappa shape index (κ3) is 2.13. The van der Waals surface area contributed by atoms with E-state index in [1.807, 2.05) is 6.20 Å². The normalized spacial score (nSPS) is 17.7. The predicted molar refractivity (Wildman–Crippen MR) is 54.4 cm³/mol. The highest BCUT2D eigenvalue weighted by atomic mass is 15.0. The van der Waals surface area contributed by atoms with Crippen molar-refractivity contribution in [1.29, 1.82) is 0 Å². The first-order chi connectivity index (χ1) is 6.18. The van der Waals surface area contributed by atoms with Gasteiger partial charge in [0.15, 0.2) is 0 Å². The van der Waals surface area contributed by atoms with Gasteiger partial charge in [0.1, 0.15) is 0 Å². The van der Waals surface area contributed by atoms with Crippen LogP contribution >= 0.6 is 0 Å². The van der Waals surface area contributed by atoms with Crippen molar-refractivity contribution < 1.29 is 0 Å². The van der Waals surface area contributed by atoms with Gasteiger partial charge in [-0.25, -0.2) is 0 Å². The number of aromatic nitrogens is 1. The fourth-order valence-corrected chi connectivity index (χ4v) is 1.75. The maximum atomic E-state index is 3.60. The van der Waals surface area contributed by atoms with Gasteiger partial charge in [0, 0.05) is 24.5 Å². The van der Waals surface area contributed by atoms with E-state index in [4.69, 9.17) is 0 Å². The minimum absolute atomic E-state index is 0.317. The summed E-state index contributed by atoms with van der Waals surface area (Å²) in [4.78, 5) is 3.07. The Morgan fingerprint density at radius 3 is 2.85 bits per heavy atom. The van der Waals surface area contributed by atoms with Crippen molar-refractivity contribution in [2.75, 3.05) is 0 Å². The second kappa shape index (κ2) is 3.18. The Balaban J connectivity index is 1.84. The van der Waals surface area contributed by atoms with E-state index in [9.17, 15) is 0 Å². The molecule has 2 rings (SSSR count). The Kier molecular flexibility index (Phi) is 2.16. The van der Waals surface area contributed by atoms with Gasteiger partial charge in [0.25, 0.3) is 0 Å². The van der Waals surface area contributed by atoms with Crippen LogP contribution in [0.3, 0.4) is 0 Å². The molecule has 2 N–H and O–H groups in total. The summed E-state index contributed by atoms with van der Waals surface area (Å²) >= 11 is 0. The maximum Gasteiger partial charge on any atom is 0.0225 e. The molecule has 13 heavy (non-hydrogen) atoms. The first kappa shape index (κ1) is 8.82. The van der Waals surface area contributed by atoms with Crippen molar-refractivity contribution in [2.24, 2.45) is 5.92 Å². The molecule has 1 aliphatic carbocycles. The summed E-state index contributed by atoms with van der Waals surface area (Å²) in [5, 5.41) is 3.60. The average molecular weight is 178 g/mol. The number of nitrogens with one attached hydrogen (secondary N) is 2. The Morgan fingerprint density at radius 1 is 1.54 bits per heavy atom. The molecule has 0 aliphatic heterocycles. The van der Waals surface area contributed by atoms with E-state index in [-0.39, 0.29) is 0 Å². The first-order valence-electron chi connectivity index (χ1n) is 5.05. The number of rotatable bonds is 4. The quantitative estimate of drug-likeness (QED) is 0.727. The zero-order valence-electron chi connectivity index (χ0n) is 8.43. The number of hydrogen-bond donors (Lipinski definition) is 2. The monoisotopic (exact) mass is 178 g/mol. The second-order valence-corrected chi connectivity index (χ2v) is 4.57. The topological polar surface area (TPSA) is 27.8 Å². The van der Waals surface area contributed by atoms with E-state index in [2.05, 4.69) is 36.4 Å². The maximum absolute atomic E-state index is 3.60. The lowest BCUT2D eigenvalue weighted by Gasteiger charge is -2.26. The Hall–Kier alpha value is -0.760. The molecule has 0 spiro atoms. The van der Waals surface area contributed by atoms with Crippen LogP contribution in [0.1, 0.15) is 32.3 Å². The summed E-state index contributed by atoms with van der Waals surface area (Å²) in [6, 6.07) is 2.12. The number of hydrogen-bond acceptors (Lipinski definition) is 1. The molecular formula is C11H18N2. The third-order valence-electron chi connectivity index (χ3n) is 3.01. The van der Waals surface area contributed by atoms with Gasteiger partial charge >= 0.3 is 0 Å². The highest BCUT2D eigenvalue weighted by molar-refractivity contribution is 5.09. The molecule has 0 unspecified atom stereocenters. The van der Waals surface area contributed by atoms with Crippen LogP contribution in [0.4, 0.5) is 0 Å². The van der Waals surface area contributed by atoms with Crippen molar-refractivity contribution in [1.82, 2.24) is 10.3 Å². The molecule has 0 saturated heterocycles. The van der Waals surface area contributed by atoms with Gasteiger partial charge in [-0.3, -0.25) is 0 Å². The van der Waals surface area contributed by atoms with Gasteiger partial charge in [0.2, 0.25) is 0 Å². The summed E-state index contributed by atoms with van der Waals surface area (Å²) in [6.45, 7) is 5.58. The van der Waals surface area contributed by atoms with Crippen molar-refractivity contribution >= 4 is 0 Å². The van der Waals surface area contributed by atoms with Gasteiger partial charge in [0.05, 0.1) is 0 Å². The molecule has 0 atom stereocenters. The largest absolute Gasteiger partial charge is 0.367 e. The molecule has 2 heteroatoms. The minimum atomic E-state index is 0.317. The number of H-pyrrole nitrogens is 1. The van der Waals surface area contributed by atoms with E-state index in [0.717, 1.165) is 12.5 Å². The lowest BCUT2D eigenvalue weighted by molar-refractivity contribution is 0.339. The Morgan fingerprint density at radius 2 is 2.31 bits per heavy atom. The molecule has 0 bridgehead atoms. The summed E-state index contributed by atoms with van der Waals surface area (Å²) in [5.74, 6) is 0.895. The highest BCUT2D eigenvalue weighted by Crippen LogP contribution is 2.39. The van der Waals surface area contributed by atoms with E-state index in [0.29, 0.717) is 5.54 Å². The van der Waals surface area contributed by atoms with Crippen LogP contribution in [0.5, 0.6) is 0 Å². The lowest BCUT2D eigenvalue weighted by Crippen LogP contribution is -2.40. The van der Waals surface area contributed by atoms with Gasteiger partial charge in [-0.2, -0.15) is 0 Å². The van der Waals surface area contributed by atoms with E-state index < -0.39 is 0 Å². The van der Waals surface area contributed by atoms with Crippen LogP contribution in [-0.2, 0) is 6.54 Å². The van der Waals surface area contributed by atoms with E-state index in [1.54, 1.807) is 0 Å². The molecule has 0 aromatic carbocycles. The Bertz CT molecular complexity index is 258. The predicted octanol–water partition coefficient (Wildman–Crippen LogP) is 2.29. The molecule has 0 amide bonds. The van der Waals surface area contributed by atoms with E-state index in [1.165, 1.54) is 18.4 Å². The summed E-state index contributed by atoms with van der Waals surface area (Å²) in [5.41, 5.74) is 1.66. The average Bonchev–Trinajstić information content (AvgIpc) is 2.82. The van der Waals surface area contributed by atoms with Gasteiger partial charge < -0.3 is 10.3 Å². The van der Waals surface area contributed by atoms with Gasteiger partial charge in [-0.05, 0) is 44.2 Å². The van der Waals surface area contributed by atoms with E-state index >= 15 is 0 Å². The molecular weight excluding hydrogens is 160 g/mol. The van der Waals surface area contributed by atoms with Crippen LogP contribution in [-0.4, -0.2) is 10.5 Å². The van der Waals surface area contributed by atoms with Crippen LogP contribution in [0.25, 0.3) is 0 Å². The molecule has 0 radical (unpaired) electrons. The molecule has 1 aromatic rings. The molecule has 72 valence electrons. The summed E-state index contributed by atoms with van der Waals surface area (Å²) < 4.78 is 0. The zero-order chi connectivity index (χ0) is 9.31. The summed E-state index contributed by atoms with van der Waals surface area (Å²) in [6.07, 6.45) is 6.82. The molecule has 1 aliphatic rings. The standard InChI is InChI=1S/C11H18N2/c1-11(2,10-3-4-10)13-8-9-5-6-12-7-9/h5-7,10,12-13H,3-4,8H2,1-2H3. The second-order valence-electron chi connectivity index (χ2n) is 4.57. The van der Waals surface area contributed by atoms with Crippen LogP contribution in [0, 0.1) is 5.92 Å². The van der Waals surface area contributed by atoms with Gasteiger partial charge in [-0.15, -0.1) is 0 Å². The fourth-order valence-electron chi connectivity index (χ4n) is 1.75. The smallest absolute Gasteiger partial charge is 0.0225 e. The first-order valence-corrected chi connectivity index (χ1v) is 5.05. The third-order valence-corrected chi connectivity index (χ3v) is 3.01. The van der Waals surface area contributed by atoms with Crippen LogP contribution in [0.15, 0.2) is 18.5 Å². The minimum Gasteiger partial charge on any atom is -0.367 e. The highest BCUT2D eigenvalue weighted by Gasteiger charge is 2.36. The summed E-state index contributed by atoms with van der Waals surface area (Å²) in [7, 11) is 0. The SMILES string of the molecule is CC(C)(NCc1cc[nH]c1)C1CC1. The van der Waals surface area contributed by atoms with Gasteiger partial charge in [-0.1, -0.05) is 0 Å². The van der Waals surface area contributed by atoms with Crippen molar-refractivity contribution in [3.8, 4) is 0 Å². The fraction of sp³-hybridized carbons (Fsp3) is 0.636. The number of aromatic amines is 1. The van der Waals surface area contributed by atoms with Crippen molar-refractivity contribution in [3.05, 3.63) is 24.0 Å². The Labute approximate surface area is 79.7 Å². The molecule has 2 nitrogen and oxygen atoms in total. The van der Waals surface area contributed by atoms with Crippen molar-refractivity contribution in [3.63, 3.8) is 0 Å². The molecule has 1 fully saturated rings.